The largest absolute Gasteiger partial charge is 0.504 e. The van der Waals surface area contributed by atoms with Crippen LogP contribution in [0.5, 0.6) is 11.5 Å². The minimum absolute atomic E-state index is 0.0971. The van der Waals surface area contributed by atoms with Crippen LogP contribution in [0.15, 0.2) is 65.8 Å². The van der Waals surface area contributed by atoms with E-state index in [4.69, 9.17) is 10.5 Å². The molecule has 27 heavy (non-hydrogen) atoms. The average Bonchev–Trinajstić information content (AvgIpc) is 2.67. The van der Waals surface area contributed by atoms with Gasteiger partial charge < -0.3 is 20.9 Å². The number of ether oxygens (including phenoxy) is 1. The highest BCUT2D eigenvalue weighted by Gasteiger charge is 2.10. The van der Waals surface area contributed by atoms with Gasteiger partial charge >= 0.3 is 0 Å². The van der Waals surface area contributed by atoms with Crippen LogP contribution < -0.4 is 15.8 Å². The standard InChI is InChI=1S/C20H18N4O3/c1-27-18-8-7-14(11-17(18)25)20(26)24-15-5-2-4-13(10-15)12-23-16-6-3-9-22-19(16)21/h2-12,25H,1H3,(H2,21,22)(H,24,26). The van der Waals surface area contributed by atoms with Crippen molar-refractivity contribution >= 4 is 29.3 Å². The number of aromatic hydroxyl groups is 1. The predicted octanol–water partition coefficient (Wildman–Crippen LogP) is 3.38. The molecule has 0 spiro atoms. The number of nitrogens with one attached hydrogen (secondary N) is 1. The molecule has 0 fully saturated rings. The zero-order valence-corrected chi connectivity index (χ0v) is 14.6. The number of phenols is 1. The number of aliphatic imine (C=N–C) groups is 1. The topological polar surface area (TPSA) is 110 Å². The predicted molar refractivity (Wildman–Crippen MR) is 105 cm³/mol. The Bertz CT molecular complexity index is 1000. The number of nitrogens with zero attached hydrogens (tertiary/aromatic N) is 2. The number of amides is 1. The Hall–Kier alpha value is -3.87. The molecule has 1 aromatic heterocycles. The molecule has 1 amide bonds. The van der Waals surface area contributed by atoms with Gasteiger partial charge in [0.25, 0.3) is 5.91 Å². The molecule has 0 unspecified atom stereocenters. The van der Waals surface area contributed by atoms with Crippen LogP contribution in [0, 0.1) is 0 Å². The summed E-state index contributed by atoms with van der Waals surface area (Å²) in [4.78, 5) is 20.7. The van der Waals surface area contributed by atoms with Crippen molar-refractivity contribution in [3.8, 4) is 11.5 Å². The Labute approximate surface area is 156 Å². The second-order valence-electron chi connectivity index (χ2n) is 5.63. The minimum Gasteiger partial charge on any atom is -0.504 e. The number of carbonyl (C=O) groups excluding carboxylic acids is 1. The lowest BCUT2D eigenvalue weighted by atomic mass is 10.1. The van der Waals surface area contributed by atoms with Gasteiger partial charge in [0.1, 0.15) is 11.5 Å². The summed E-state index contributed by atoms with van der Waals surface area (Å²) in [5.41, 5.74) is 8.03. The number of benzene rings is 2. The molecular weight excluding hydrogens is 344 g/mol. The number of phenolic OH excluding ortho intramolecular Hbond substituents is 1. The molecular formula is C20H18N4O3. The summed E-state index contributed by atoms with van der Waals surface area (Å²) >= 11 is 0. The van der Waals surface area contributed by atoms with Crippen molar-refractivity contribution in [2.24, 2.45) is 4.99 Å². The molecule has 2 aromatic carbocycles. The van der Waals surface area contributed by atoms with Crippen molar-refractivity contribution in [1.82, 2.24) is 4.98 Å². The van der Waals surface area contributed by atoms with Crippen LogP contribution in [0.3, 0.4) is 0 Å². The summed E-state index contributed by atoms with van der Waals surface area (Å²) < 4.78 is 4.98. The second kappa shape index (κ2) is 8.01. The summed E-state index contributed by atoms with van der Waals surface area (Å²) in [7, 11) is 1.45. The maximum atomic E-state index is 12.4. The van der Waals surface area contributed by atoms with Crippen LogP contribution in [0.4, 0.5) is 17.2 Å². The van der Waals surface area contributed by atoms with Crippen LogP contribution >= 0.6 is 0 Å². The van der Waals surface area contributed by atoms with Crippen LogP contribution in [-0.4, -0.2) is 29.3 Å². The molecule has 0 atom stereocenters. The van der Waals surface area contributed by atoms with Crippen molar-refractivity contribution < 1.29 is 14.6 Å². The molecule has 136 valence electrons. The molecule has 7 nitrogen and oxygen atoms in total. The van der Waals surface area contributed by atoms with Crippen molar-refractivity contribution in [2.75, 3.05) is 18.2 Å². The number of nitrogen functional groups attached to an aromatic ring is 1. The fourth-order valence-electron chi connectivity index (χ4n) is 2.39. The number of anilines is 2. The first-order valence-electron chi connectivity index (χ1n) is 8.10. The van der Waals surface area contributed by atoms with Gasteiger partial charge in [-0.05, 0) is 48.0 Å². The number of methoxy groups -OCH3 is 1. The third kappa shape index (κ3) is 4.40. The van der Waals surface area contributed by atoms with Crippen molar-refractivity contribution in [3.63, 3.8) is 0 Å². The zero-order chi connectivity index (χ0) is 19.2. The van der Waals surface area contributed by atoms with E-state index in [2.05, 4.69) is 15.3 Å². The molecule has 7 heteroatoms. The molecule has 1 heterocycles. The van der Waals surface area contributed by atoms with Crippen LogP contribution in [0.2, 0.25) is 0 Å². The third-order valence-corrected chi connectivity index (χ3v) is 3.75. The number of pyridine rings is 1. The first-order valence-corrected chi connectivity index (χ1v) is 8.10. The molecule has 0 bridgehead atoms. The van der Waals surface area contributed by atoms with E-state index in [-0.39, 0.29) is 11.7 Å². The number of hydrogen-bond donors (Lipinski definition) is 3. The number of rotatable bonds is 5. The molecule has 0 aliphatic rings. The van der Waals surface area contributed by atoms with Gasteiger partial charge in [0.2, 0.25) is 0 Å². The van der Waals surface area contributed by atoms with Crippen LogP contribution in [-0.2, 0) is 0 Å². The lowest BCUT2D eigenvalue weighted by Gasteiger charge is -2.08. The number of nitrogens with two attached hydrogens (primary N) is 1. The van der Waals surface area contributed by atoms with Crippen LogP contribution in [0.25, 0.3) is 0 Å². The maximum Gasteiger partial charge on any atom is 0.255 e. The van der Waals surface area contributed by atoms with Crippen molar-refractivity contribution in [2.45, 2.75) is 0 Å². The quantitative estimate of drug-likeness (QED) is 0.603. The Morgan fingerprint density at radius 1 is 1.22 bits per heavy atom. The smallest absolute Gasteiger partial charge is 0.255 e. The molecule has 0 saturated heterocycles. The van der Waals surface area contributed by atoms with E-state index < -0.39 is 0 Å². The highest BCUT2D eigenvalue weighted by atomic mass is 16.5. The summed E-state index contributed by atoms with van der Waals surface area (Å²) in [6, 6.07) is 15.2. The molecule has 0 radical (unpaired) electrons. The van der Waals surface area contributed by atoms with E-state index in [1.807, 2.05) is 6.07 Å². The highest BCUT2D eigenvalue weighted by Crippen LogP contribution is 2.26. The zero-order valence-electron chi connectivity index (χ0n) is 14.6. The van der Waals surface area contributed by atoms with Crippen molar-refractivity contribution in [3.05, 3.63) is 71.9 Å². The van der Waals surface area contributed by atoms with Gasteiger partial charge in [-0.3, -0.25) is 9.79 Å². The molecule has 0 saturated carbocycles. The fraction of sp³-hybridized carbons (Fsp3) is 0.0500. The van der Waals surface area contributed by atoms with Gasteiger partial charge in [-0.2, -0.15) is 0 Å². The Balaban J connectivity index is 1.75. The van der Waals surface area contributed by atoms with Crippen LogP contribution in [0.1, 0.15) is 15.9 Å². The Kier molecular flexibility index (Phi) is 5.32. The number of hydrogen-bond acceptors (Lipinski definition) is 6. The van der Waals surface area contributed by atoms with Gasteiger partial charge in [-0.25, -0.2) is 4.98 Å². The van der Waals surface area contributed by atoms with Crippen molar-refractivity contribution in [1.29, 1.82) is 0 Å². The fourth-order valence-corrected chi connectivity index (χ4v) is 2.39. The van der Waals surface area contributed by atoms with Gasteiger partial charge in [0.05, 0.1) is 7.11 Å². The Morgan fingerprint density at radius 2 is 2.07 bits per heavy atom. The van der Waals surface area contributed by atoms with Gasteiger partial charge in [-0.1, -0.05) is 12.1 Å². The second-order valence-corrected chi connectivity index (χ2v) is 5.63. The normalized spacial score (nSPS) is 10.7. The lowest BCUT2D eigenvalue weighted by molar-refractivity contribution is 0.102. The maximum absolute atomic E-state index is 12.4. The average molecular weight is 362 g/mol. The van der Waals surface area contributed by atoms with E-state index in [0.29, 0.717) is 28.5 Å². The van der Waals surface area contributed by atoms with E-state index in [9.17, 15) is 9.90 Å². The molecule has 4 N–H and O–H groups in total. The molecule has 0 aliphatic carbocycles. The first kappa shape index (κ1) is 17.9. The van der Waals surface area contributed by atoms with E-state index >= 15 is 0 Å². The van der Waals surface area contributed by atoms with E-state index in [1.165, 1.54) is 19.2 Å². The summed E-state index contributed by atoms with van der Waals surface area (Å²) in [6.07, 6.45) is 3.24. The number of carbonyl (C=O) groups is 1. The molecule has 0 aliphatic heterocycles. The van der Waals surface area contributed by atoms with Gasteiger partial charge in [-0.15, -0.1) is 0 Å². The van der Waals surface area contributed by atoms with E-state index in [0.717, 1.165) is 5.56 Å². The molecule has 3 rings (SSSR count). The molecule has 3 aromatic rings. The third-order valence-electron chi connectivity index (χ3n) is 3.75. The lowest BCUT2D eigenvalue weighted by Crippen LogP contribution is -2.12. The summed E-state index contributed by atoms with van der Waals surface area (Å²) in [5.74, 6) is 0.204. The van der Waals surface area contributed by atoms with Gasteiger partial charge in [0.15, 0.2) is 11.5 Å². The Morgan fingerprint density at radius 3 is 2.81 bits per heavy atom. The highest BCUT2D eigenvalue weighted by molar-refractivity contribution is 6.05. The SMILES string of the molecule is COc1ccc(C(=O)Nc2cccc(C=Nc3cccnc3N)c2)cc1O. The summed E-state index contributed by atoms with van der Waals surface area (Å²) in [6.45, 7) is 0. The summed E-state index contributed by atoms with van der Waals surface area (Å²) in [5, 5.41) is 12.6. The monoisotopic (exact) mass is 362 g/mol. The van der Waals surface area contributed by atoms with Gasteiger partial charge in [0, 0.05) is 23.7 Å². The number of aromatic nitrogens is 1. The minimum atomic E-state index is -0.349. The first-order chi connectivity index (χ1) is 13.1. The van der Waals surface area contributed by atoms with E-state index in [1.54, 1.807) is 48.8 Å².